The molecule has 1 saturated heterocycles. The highest BCUT2D eigenvalue weighted by Gasteiger charge is 2.10. The van der Waals surface area contributed by atoms with E-state index >= 15 is 0 Å². The van der Waals surface area contributed by atoms with Gasteiger partial charge < -0.3 is 10.6 Å². The Morgan fingerprint density at radius 1 is 1.18 bits per heavy atom. The maximum absolute atomic E-state index is 5.68. The van der Waals surface area contributed by atoms with Gasteiger partial charge in [-0.15, -0.1) is 0 Å². The Morgan fingerprint density at radius 3 is 2.41 bits per heavy atom. The fraction of sp³-hybridized carbons (Fsp3) is 0.600. The molecule has 17 heavy (non-hydrogen) atoms. The maximum atomic E-state index is 5.68. The van der Waals surface area contributed by atoms with Crippen LogP contribution in [0, 0.1) is 0 Å². The zero-order valence-corrected chi connectivity index (χ0v) is 10.9. The van der Waals surface area contributed by atoms with Crippen molar-refractivity contribution in [3.63, 3.8) is 0 Å². The summed E-state index contributed by atoms with van der Waals surface area (Å²) in [6.45, 7) is 6.71. The quantitative estimate of drug-likeness (QED) is 0.844. The lowest BCUT2D eigenvalue weighted by atomic mass is 9.99. The molecule has 1 aliphatic heterocycles. The second-order valence-electron chi connectivity index (χ2n) is 5.18. The maximum Gasteiger partial charge on any atom is 0.00218 e. The standard InChI is InChI=1S/C15H24N2/c1-13(12-16)15-6-4-14(5-7-15)8-11-17-9-2-3-10-17/h4-7,13H,2-3,8-12,16H2,1H3. The fourth-order valence-corrected chi connectivity index (χ4v) is 2.44. The van der Waals surface area contributed by atoms with Crippen LogP contribution >= 0.6 is 0 Å². The first kappa shape index (κ1) is 12.6. The SMILES string of the molecule is CC(CN)c1ccc(CCN2CCCC2)cc1. The van der Waals surface area contributed by atoms with Crippen LogP contribution in [0.5, 0.6) is 0 Å². The van der Waals surface area contributed by atoms with Gasteiger partial charge in [-0.25, -0.2) is 0 Å². The summed E-state index contributed by atoms with van der Waals surface area (Å²) in [5.74, 6) is 0.475. The predicted octanol–water partition coefficient (Wildman–Crippen LogP) is 2.39. The van der Waals surface area contributed by atoms with Gasteiger partial charge in [0.25, 0.3) is 0 Å². The van der Waals surface area contributed by atoms with Gasteiger partial charge in [-0.2, -0.15) is 0 Å². The molecule has 0 aliphatic carbocycles. The van der Waals surface area contributed by atoms with Crippen LogP contribution in [-0.2, 0) is 6.42 Å². The summed E-state index contributed by atoms with van der Waals surface area (Å²) in [4.78, 5) is 2.57. The van der Waals surface area contributed by atoms with E-state index in [-0.39, 0.29) is 0 Å². The van der Waals surface area contributed by atoms with Gasteiger partial charge >= 0.3 is 0 Å². The summed E-state index contributed by atoms with van der Waals surface area (Å²) < 4.78 is 0. The Balaban J connectivity index is 1.84. The van der Waals surface area contributed by atoms with Gasteiger partial charge in [0.15, 0.2) is 0 Å². The van der Waals surface area contributed by atoms with Gasteiger partial charge in [-0.05, 0) is 55.9 Å². The first-order valence-corrected chi connectivity index (χ1v) is 6.81. The average molecular weight is 232 g/mol. The van der Waals surface area contributed by atoms with E-state index in [1.807, 2.05) is 0 Å². The van der Waals surface area contributed by atoms with Gasteiger partial charge in [0.05, 0.1) is 0 Å². The van der Waals surface area contributed by atoms with Gasteiger partial charge in [0.1, 0.15) is 0 Å². The van der Waals surface area contributed by atoms with Gasteiger partial charge in [0, 0.05) is 6.54 Å². The molecule has 0 radical (unpaired) electrons. The Labute approximate surface area is 105 Å². The van der Waals surface area contributed by atoms with Crippen LogP contribution in [0.4, 0.5) is 0 Å². The average Bonchev–Trinajstić information content (AvgIpc) is 2.89. The Bertz CT molecular complexity index is 325. The van der Waals surface area contributed by atoms with Crippen molar-refractivity contribution < 1.29 is 0 Å². The van der Waals surface area contributed by atoms with E-state index in [1.54, 1.807) is 0 Å². The van der Waals surface area contributed by atoms with Crippen molar-refractivity contribution in [2.75, 3.05) is 26.2 Å². The highest BCUT2D eigenvalue weighted by molar-refractivity contribution is 5.25. The number of nitrogens with zero attached hydrogens (tertiary/aromatic N) is 1. The molecule has 1 aliphatic rings. The fourth-order valence-electron chi connectivity index (χ4n) is 2.44. The number of likely N-dealkylation sites (tertiary alicyclic amines) is 1. The molecule has 0 bridgehead atoms. The van der Waals surface area contributed by atoms with Crippen LogP contribution in [0.25, 0.3) is 0 Å². The lowest BCUT2D eigenvalue weighted by Gasteiger charge is -2.15. The second-order valence-corrected chi connectivity index (χ2v) is 5.18. The van der Waals surface area contributed by atoms with Gasteiger partial charge in [0.2, 0.25) is 0 Å². The lowest BCUT2D eigenvalue weighted by Crippen LogP contribution is -2.21. The van der Waals surface area contributed by atoms with E-state index < -0.39 is 0 Å². The van der Waals surface area contributed by atoms with Crippen molar-refractivity contribution in [2.45, 2.75) is 32.1 Å². The number of benzene rings is 1. The van der Waals surface area contributed by atoms with E-state index in [4.69, 9.17) is 5.73 Å². The first-order chi connectivity index (χ1) is 8.29. The van der Waals surface area contributed by atoms with Crippen molar-refractivity contribution in [2.24, 2.45) is 5.73 Å². The molecular weight excluding hydrogens is 208 g/mol. The molecule has 0 amide bonds. The molecule has 2 nitrogen and oxygen atoms in total. The highest BCUT2D eigenvalue weighted by atomic mass is 15.1. The summed E-state index contributed by atoms with van der Waals surface area (Å²) in [5, 5.41) is 0. The third-order valence-corrected chi connectivity index (χ3v) is 3.82. The van der Waals surface area contributed by atoms with E-state index in [9.17, 15) is 0 Å². The molecule has 0 aromatic heterocycles. The summed E-state index contributed by atoms with van der Waals surface area (Å²) >= 11 is 0. The van der Waals surface area contributed by atoms with Crippen LogP contribution in [-0.4, -0.2) is 31.1 Å². The third kappa shape index (κ3) is 3.55. The summed E-state index contributed by atoms with van der Waals surface area (Å²) in [7, 11) is 0. The first-order valence-electron chi connectivity index (χ1n) is 6.81. The van der Waals surface area contributed by atoms with Crippen LogP contribution in [0.1, 0.15) is 36.8 Å². The minimum absolute atomic E-state index is 0.475. The van der Waals surface area contributed by atoms with E-state index in [0.29, 0.717) is 5.92 Å². The monoisotopic (exact) mass is 232 g/mol. The molecule has 1 aromatic carbocycles. The normalized spacial score (nSPS) is 18.5. The second kappa shape index (κ2) is 6.18. The number of rotatable bonds is 5. The molecule has 0 saturated carbocycles. The largest absolute Gasteiger partial charge is 0.330 e. The molecule has 1 unspecified atom stereocenters. The summed E-state index contributed by atoms with van der Waals surface area (Å²) in [6, 6.07) is 8.99. The Kier molecular flexibility index (Phi) is 4.57. The van der Waals surface area contributed by atoms with Gasteiger partial charge in [-0.1, -0.05) is 31.2 Å². The molecule has 2 N–H and O–H groups in total. The molecule has 1 fully saturated rings. The van der Waals surface area contributed by atoms with E-state index in [2.05, 4.69) is 36.1 Å². The van der Waals surface area contributed by atoms with E-state index in [1.165, 1.54) is 50.0 Å². The van der Waals surface area contributed by atoms with Crippen molar-refractivity contribution in [3.8, 4) is 0 Å². The molecule has 94 valence electrons. The smallest absolute Gasteiger partial charge is 0.00218 e. The Hall–Kier alpha value is -0.860. The molecule has 2 rings (SSSR count). The third-order valence-electron chi connectivity index (χ3n) is 3.82. The van der Waals surface area contributed by atoms with Crippen LogP contribution < -0.4 is 5.73 Å². The van der Waals surface area contributed by atoms with Crippen molar-refractivity contribution >= 4 is 0 Å². The molecule has 1 atom stereocenters. The minimum Gasteiger partial charge on any atom is -0.330 e. The van der Waals surface area contributed by atoms with Crippen LogP contribution in [0.2, 0.25) is 0 Å². The van der Waals surface area contributed by atoms with Crippen molar-refractivity contribution in [1.29, 1.82) is 0 Å². The number of hydrogen-bond acceptors (Lipinski definition) is 2. The van der Waals surface area contributed by atoms with Crippen LogP contribution in [0.15, 0.2) is 24.3 Å². The zero-order chi connectivity index (χ0) is 12.1. The molecule has 2 heteroatoms. The van der Waals surface area contributed by atoms with Crippen molar-refractivity contribution in [3.05, 3.63) is 35.4 Å². The highest BCUT2D eigenvalue weighted by Crippen LogP contribution is 2.15. The molecular formula is C15H24N2. The van der Waals surface area contributed by atoms with Crippen LogP contribution in [0.3, 0.4) is 0 Å². The van der Waals surface area contributed by atoms with E-state index in [0.717, 1.165) is 6.54 Å². The zero-order valence-electron chi connectivity index (χ0n) is 10.9. The summed E-state index contributed by atoms with van der Waals surface area (Å²) in [5.41, 5.74) is 8.48. The number of nitrogens with two attached hydrogens (primary N) is 1. The molecule has 1 heterocycles. The summed E-state index contributed by atoms with van der Waals surface area (Å²) in [6.07, 6.45) is 3.94. The molecule has 0 spiro atoms. The van der Waals surface area contributed by atoms with Gasteiger partial charge in [-0.3, -0.25) is 0 Å². The molecule has 1 aromatic rings. The number of hydrogen-bond donors (Lipinski definition) is 1. The Morgan fingerprint density at radius 2 is 1.82 bits per heavy atom. The lowest BCUT2D eigenvalue weighted by molar-refractivity contribution is 0.343. The predicted molar refractivity (Wildman–Crippen MR) is 73.3 cm³/mol. The topological polar surface area (TPSA) is 29.3 Å². The minimum atomic E-state index is 0.475. The van der Waals surface area contributed by atoms with Crippen molar-refractivity contribution in [1.82, 2.24) is 4.90 Å².